The molecule has 0 atom stereocenters. The number of ketones is 1. The second-order valence-corrected chi connectivity index (χ2v) is 5.76. The van der Waals surface area contributed by atoms with Crippen molar-refractivity contribution < 1.29 is 4.79 Å². The SMILES string of the molecule is Cc1ccc(C(=O)CN(C)Cc2scnc2C)cc1. The summed E-state index contributed by atoms with van der Waals surface area (Å²) >= 11 is 1.64. The standard InChI is InChI=1S/C15H18N2OS/c1-11-4-6-13(7-5-11)14(18)8-17(3)9-15-12(2)16-10-19-15/h4-7,10H,8-9H2,1-3H3. The molecule has 1 heterocycles. The number of likely N-dealkylation sites (N-methyl/N-ethyl adjacent to an activating group) is 1. The lowest BCUT2D eigenvalue weighted by Crippen LogP contribution is -2.25. The normalized spacial score (nSPS) is 10.9. The van der Waals surface area contributed by atoms with Gasteiger partial charge in [0.15, 0.2) is 5.78 Å². The van der Waals surface area contributed by atoms with Gasteiger partial charge in [-0.3, -0.25) is 9.69 Å². The number of aromatic nitrogens is 1. The van der Waals surface area contributed by atoms with Crippen LogP contribution in [0.2, 0.25) is 0 Å². The predicted molar refractivity (Wildman–Crippen MR) is 78.7 cm³/mol. The number of nitrogens with zero attached hydrogens (tertiary/aromatic N) is 2. The number of benzene rings is 1. The molecule has 0 fully saturated rings. The number of hydrogen-bond acceptors (Lipinski definition) is 4. The number of hydrogen-bond donors (Lipinski definition) is 0. The van der Waals surface area contributed by atoms with E-state index >= 15 is 0 Å². The van der Waals surface area contributed by atoms with E-state index in [1.54, 1.807) is 11.3 Å². The molecular weight excluding hydrogens is 256 g/mol. The molecule has 0 saturated heterocycles. The highest BCUT2D eigenvalue weighted by Crippen LogP contribution is 2.14. The van der Waals surface area contributed by atoms with Crippen molar-refractivity contribution >= 4 is 17.1 Å². The summed E-state index contributed by atoms with van der Waals surface area (Å²) in [6.07, 6.45) is 0. The molecule has 0 bridgehead atoms. The minimum Gasteiger partial charge on any atom is -0.294 e. The second-order valence-electron chi connectivity index (χ2n) is 4.82. The monoisotopic (exact) mass is 274 g/mol. The molecule has 100 valence electrons. The average Bonchev–Trinajstić information content (AvgIpc) is 2.75. The van der Waals surface area contributed by atoms with Crippen LogP contribution < -0.4 is 0 Å². The van der Waals surface area contributed by atoms with E-state index in [4.69, 9.17) is 0 Å². The summed E-state index contributed by atoms with van der Waals surface area (Å²) in [6.45, 7) is 5.23. The third-order valence-electron chi connectivity index (χ3n) is 3.05. The van der Waals surface area contributed by atoms with Crippen molar-refractivity contribution in [3.05, 3.63) is 51.5 Å². The lowest BCUT2D eigenvalue weighted by molar-refractivity contribution is 0.0943. The van der Waals surface area contributed by atoms with Gasteiger partial charge in [-0.2, -0.15) is 0 Å². The van der Waals surface area contributed by atoms with Gasteiger partial charge in [-0.05, 0) is 20.9 Å². The van der Waals surface area contributed by atoms with Gasteiger partial charge < -0.3 is 0 Å². The van der Waals surface area contributed by atoms with Gasteiger partial charge in [-0.15, -0.1) is 11.3 Å². The summed E-state index contributed by atoms with van der Waals surface area (Å²) in [5, 5.41) is 0. The van der Waals surface area contributed by atoms with Crippen LogP contribution in [-0.2, 0) is 6.54 Å². The van der Waals surface area contributed by atoms with Gasteiger partial charge in [-0.1, -0.05) is 29.8 Å². The predicted octanol–water partition coefficient (Wildman–Crippen LogP) is 3.07. The van der Waals surface area contributed by atoms with Gasteiger partial charge in [0.05, 0.1) is 17.7 Å². The molecule has 0 aliphatic rings. The Balaban J connectivity index is 1.95. The van der Waals surface area contributed by atoms with E-state index in [0.29, 0.717) is 6.54 Å². The van der Waals surface area contributed by atoms with Gasteiger partial charge in [0.2, 0.25) is 0 Å². The van der Waals surface area contributed by atoms with Crippen LogP contribution in [0.4, 0.5) is 0 Å². The Hall–Kier alpha value is -1.52. The number of carbonyl (C=O) groups is 1. The summed E-state index contributed by atoms with van der Waals surface area (Å²) in [6, 6.07) is 7.73. The summed E-state index contributed by atoms with van der Waals surface area (Å²) in [5.74, 6) is 0.157. The topological polar surface area (TPSA) is 33.2 Å². The van der Waals surface area contributed by atoms with Gasteiger partial charge in [0.1, 0.15) is 0 Å². The Morgan fingerprint density at radius 2 is 1.95 bits per heavy atom. The Kier molecular flexibility index (Phi) is 4.45. The molecule has 0 spiro atoms. The third kappa shape index (κ3) is 3.72. The highest BCUT2D eigenvalue weighted by atomic mass is 32.1. The molecule has 19 heavy (non-hydrogen) atoms. The first-order valence-electron chi connectivity index (χ1n) is 6.23. The lowest BCUT2D eigenvalue weighted by atomic mass is 10.1. The largest absolute Gasteiger partial charge is 0.294 e. The van der Waals surface area contributed by atoms with Crippen molar-refractivity contribution in [2.75, 3.05) is 13.6 Å². The Morgan fingerprint density at radius 3 is 2.53 bits per heavy atom. The van der Waals surface area contributed by atoms with Crippen LogP contribution in [0.25, 0.3) is 0 Å². The van der Waals surface area contributed by atoms with E-state index in [2.05, 4.69) is 4.98 Å². The molecule has 4 heteroatoms. The molecule has 0 unspecified atom stereocenters. The molecule has 0 N–H and O–H groups in total. The smallest absolute Gasteiger partial charge is 0.176 e. The molecule has 0 radical (unpaired) electrons. The minimum absolute atomic E-state index is 0.157. The van der Waals surface area contributed by atoms with Crippen molar-refractivity contribution in [3.8, 4) is 0 Å². The molecular formula is C15H18N2OS. The maximum Gasteiger partial charge on any atom is 0.176 e. The summed E-state index contributed by atoms with van der Waals surface area (Å²) in [7, 11) is 1.96. The second kappa shape index (κ2) is 6.08. The fourth-order valence-electron chi connectivity index (χ4n) is 1.85. The zero-order valence-electron chi connectivity index (χ0n) is 11.5. The van der Waals surface area contributed by atoms with Gasteiger partial charge in [0.25, 0.3) is 0 Å². The first-order valence-corrected chi connectivity index (χ1v) is 7.11. The van der Waals surface area contributed by atoms with Crippen molar-refractivity contribution in [1.82, 2.24) is 9.88 Å². The summed E-state index contributed by atoms with van der Waals surface area (Å²) in [4.78, 5) is 19.6. The maximum absolute atomic E-state index is 12.1. The number of rotatable bonds is 5. The molecule has 0 amide bonds. The molecule has 0 aliphatic heterocycles. The quantitative estimate of drug-likeness (QED) is 0.786. The van der Waals surface area contributed by atoms with E-state index in [0.717, 1.165) is 17.8 Å². The van der Waals surface area contributed by atoms with Crippen molar-refractivity contribution in [1.29, 1.82) is 0 Å². The summed E-state index contributed by atoms with van der Waals surface area (Å²) < 4.78 is 0. The highest BCUT2D eigenvalue weighted by Gasteiger charge is 2.11. The number of Topliss-reactive ketones (excluding diaryl/α,β-unsaturated/α-hetero) is 1. The Morgan fingerprint density at radius 1 is 1.26 bits per heavy atom. The van der Waals surface area contributed by atoms with E-state index in [9.17, 15) is 4.79 Å². The van der Waals surface area contributed by atoms with Crippen LogP contribution in [0.5, 0.6) is 0 Å². The van der Waals surface area contributed by atoms with Crippen molar-refractivity contribution in [3.63, 3.8) is 0 Å². The highest BCUT2D eigenvalue weighted by molar-refractivity contribution is 7.09. The van der Waals surface area contributed by atoms with Crippen molar-refractivity contribution in [2.45, 2.75) is 20.4 Å². The summed E-state index contributed by atoms with van der Waals surface area (Å²) in [5.41, 5.74) is 4.85. The van der Waals surface area contributed by atoms with Gasteiger partial charge >= 0.3 is 0 Å². The zero-order valence-corrected chi connectivity index (χ0v) is 12.3. The van der Waals surface area contributed by atoms with Crippen LogP contribution in [0.1, 0.15) is 26.5 Å². The Bertz CT molecular complexity index is 560. The van der Waals surface area contributed by atoms with Crippen LogP contribution in [0.15, 0.2) is 29.8 Å². The lowest BCUT2D eigenvalue weighted by Gasteiger charge is -2.15. The van der Waals surface area contributed by atoms with E-state index in [1.807, 2.05) is 55.6 Å². The molecule has 2 aromatic rings. The fourth-order valence-corrected chi connectivity index (χ4v) is 2.71. The van der Waals surface area contributed by atoms with E-state index in [-0.39, 0.29) is 5.78 Å². The van der Waals surface area contributed by atoms with Gasteiger partial charge in [-0.25, -0.2) is 4.98 Å². The first kappa shape index (κ1) is 13.9. The Labute approximate surface area is 117 Å². The van der Waals surface area contributed by atoms with Crippen LogP contribution in [-0.4, -0.2) is 29.3 Å². The third-order valence-corrected chi connectivity index (χ3v) is 3.97. The van der Waals surface area contributed by atoms with Crippen LogP contribution >= 0.6 is 11.3 Å². The molecule has 0 aliphatic carbocycles. The van der Waals surface area contributed by atoms with Crippen LogP contribution in [0, 0.1) is 13.8 Å². The first-order chi connectivity index (χ1) is 9.06. The number of carbonyl (C=O) groups excluding carboxylic acids is 1. The fraction of sp³-hybridized carbons (Fsp3) is 0.333. The molecule has 0 saturated carbocycles. The maximum atomic E-state index is 12.1. The zero-order chi connectivity index (χ0) is 13.8. The van der Waals surface area contributed by atoms with Crippen molar-refractivity contribution in [2.24, 2.45) is 0 Å². The van der Waals surface area contributed by atoms with E-state index in [1.165, 1.54) is 10.4 Å². The number of aryl methyl sites for hydroxylation is 2. The molecule has 1 aromatic carbocycles. The number of thiazole rings is 1. The van der Waals surface area contributed by atoms with Crippen LogP contribution in [0.3, 0.4) is 0 Å². The average molecular weight is 274 g/mol. The molecule has 1 aromatic heterocycles. The minimum atomic E-state index is 0.157. The van der Waals surface area contributed by atoms with Gasteiger partial charge in [0, 0.05) is 17.0 Å². The van der Waals surface area contributed by atoms with E-state index < -0.39 is 0 Å². The molecule has 2 rings (SSSR count). The molecule has 3 nitrogen and oxygen atoms in total.